The monoisotopic (exact) mass is 371 g/mol. The molecule has 1 amide bonds. The van der Waals surface area contributed by atoms with Crippen LogP contribution in [0.4, 0.5) is 4.39 Å². The second kappa shape index (κ2) is 6.29. The van der Waals surface area contributed by atoms with Gasteiger partial charge in [-0.25, -0.2) is 4.39 Å². The van der Waals surface area contributed by atoms with Crippen LogP contribution in [0.5, 0.6) is 0 Å². The molecule has 27 heavy (non-hydrogen) atoms. The van der Waals surface area contributed by atoms with Gasteiger partial charge in [-0.1, -0.05) is 12.1 Å². The first-order valence-corrected chi connectivity index (χ1v) is 8.79. The third-order valence-corrected chi connectivity index (χ3v) is 5.63. The lowest BCUT2D eigenvalue weighted by molar-refractivity contribution is -0.139. The topological polar surface area (TPSA) is 92.5 Å². The molecule has 2 fully saturated rings. The summed E-state index contributed by atoms with van der Waals surface area (Å²) in [5, 5.41) is 13.2. The van der Waals surface area contributed by atoms with Crippen LogP contribution in [0.2, 0.25) is 0 Å². The maximum Gasteiger partial charge on any atom is 0.307 e. The lowest BCUT2D eigenvalue weighted by atomic mass is 9.90. The zero-order valence-electron chi connectivity index (χ0n) is 14.5. The van der Waals surface area contributed by atoms with E-state index >= 15 is 0 Å². The smallest absolute Gasteiger partial charge is 0.307 e. The zero-order chi connectivity index (χ0) is 19.2. The summed E-state index contributed by atoms with van der Waals surface area (Å²) in [6, 6.07) is 8.26. The normalized spacial score (nSPS) is 20.5. The molecule has 4 rings (SSSR count). The van der Waals surface area contributed by atoms with Crippen molar-refractivity contribution in [3.63, 3.8) is 0 Å². The molecule has 7 nitrogen and oxygen atoms in total. The number of hydrogen-bond donors (Lipinski definition) is 1. The Bertz CT molecular complexity index is 979. The summed E-state index contributed by atoms with van der Waals surface area (Å²) in [6.07, 6.45) is 1.95. The van der Waals surface area contributed by atoms with E-state index in [0.717, 1.165) is 4.68 Å². The molecule has 0 radical (unpaired) electrons. The summed E-state index contributed by atoms with van der Waals surface area (Å²) in [4.78, 5) is 37.6. The van der Waals surface area contributed by atoms with Crippen molar-refractivity contribution in [2.45, 2.75) is 19.3 Å². The van der Waals surface area contributed by atoms with Gasteiger partial charge in [0.2, 0.25) is 0 Å². The number of carboxylic acid groups (broad SMARTS) is 1. The SMILES string of the molecule is O=C(O)C1CC12CCN(C(=O)c1ccc(=O)n(-c3ccccc3F)n1)CC2. The van der Waals surface area contributed by atoms with Crippen LogP contribution in [0, 0.1) is 17.2 Å². The third kappa shape index (κ3) is 3.01. The minimum atomic E-state index is -0.770. The van der Waals surface area contributed by atoms with Gasteiger partial charge in [0.15, 0.2) is 0 Å². The molecule has 1 aliphatic heterocycles. The van der Waals surface area contributed by atoms with Gasteiger partial charge in [0.1, 0.15) is 17.2 Å². The van der Waals surface area contributed by atoms with Gasteiger partial charge in [-0.3, -0.25) is 14.4 Å². The minimum Gasteiger partial charge on any atom is -0.481 e. The first kappa shape index (κ1) is 17.4. The molecular weight excluding hydrogens is 353 g/mol. The van der Waals surface area contributed by atoms with Crippen molar-refractivity contribution in [1.29, 1.82) is 0 Å². The van der Waals surface area contributed by atoms with Crippen molar-refractivity contribution in [3.8, 4) is 5.69 Å². The van der Waals surface area contributed by atoms with Crippen LogP contribution >= 0.6 is 0 Å². The van der Waals surface area contributed by atoms with E-state index in [2.05, 4.69) is 5.10 Å². The van der Waals surface area contributed by atoms with Crippen molar-refractivity contribution >= 4 is 11.9 Å². The Labute approximate surface area is 154 Å². The third-order valence-electron chi connectivity index (χ3n) is 5.63. The van der Waals surface area contributed by atoms with Gasteiger partial charge in [0.25, 0.3) is 11.5 Å². The first-order chi connectivity index (χ1) is 12.9. The van der Waals surface area contributed by atoms with Crippen LogP contribution < -0.4 is 5.56 Å². The second-order valence-electron chi connectivity index (χ2n) is 7.17. The highest BCUT2D eigenvalue weighted by molar-refractivity contribution is 5.92. The van der Waals surface area contributed by atoms with Crippen molar-refractivity contribution in [2.24, 2.45) is 11.3 Å². The molecular formula is C19H18FN3O4. The Hall–Kier alpha value is -3.03. The van der Waals surface area contributed by atoms with E-state index < -0.39 is 17.3 Å². The average molecular weight is 371 g/mol. The summed E-state index contributed by atoms with van der Waals surface area (Å²) in [5.74, 6) is -2.03. The number of rotatable bonds is 3. The molecule has 140 valence electrons. The van der Waals surface area contributed by atoms with Crippen LogP contribution in [0.1, 0.15) is 29.8 Å². The van der Waals surface area contributed by atoms with Crippen molar-refractivity contribution < 1.29 is 19.1 Å². The number of hydrogen-bond acceptors (Lipinski definition) is 4. The van der Waals surface area contributed by atoms with Crippen molar-refractivity contribution in [1.82, 2.24) is 14.7 Å². The molecule has 1 aromatic carbocycles. The van der Waals surface area contributed by atoms with Crippen molar-refractivity contribution in [2.75, 3.05) is 13.1 Å². The largest absolute Gasteiger partial charge is 0.481 e. The van der Waals surface area contributed by atoms with Crippen molar-refractivity contribution in [3.05, 3.63) is 58.3 Å². The summed E-state index contributed by atoms with van der Waals surface area (Å²) >= 11 is 0. The highest BCUT2D eigenvalue weighted by Gasteiger charge is 2.59. The molecule has 1 saturated heterocycles. The van der Waals surface area contributed by atoms with E-state index in [1.165, 1.54) is 30.3 Å². The molecule has 2 heterocycles. The molecule has 2 aromatic rings. The molecule has 1 atom stereocenters. The fourth-order valence-electron chi connectivity index (χ4n) is 3.89. The Morgan fingerprint density at radius 2 is 1.85 bits per heavy atom. The molecule has 1 aromatic heterocycles. The second-order valence-corrected chi connectivity index (χ2v) is 7.17. The highest BCUT2D eigenvalue weighted by Crippen LogP contribution is 2.59. The number of likely N-dealkylation sites (tertiary alicyclic amines) is 1. The number of carboxylic acids is 1. The number of nitrogens with zero attached hydrogens (tertiary/aromatic N) is 3. The quantitative estimate of drug-likeness (QED) is 0.887. The van der Waals surface area contributed by atoms with Gasteiger partial charge in [0, 0.05) is 19.2 Å². The molecule has 1 aliphatic carbocycles. The van der Waals surface area contributed by atoms with E-state index in [4.69, 9.17) is 5.11 Å². The molecule has 1 spiro atoms. The molecule has 1 saturated carbocycles. The van der Waals surface area contributed by atoms with Gasteiger partial charge in [-0.15, -0.1) is 0 Å². The first-order valence-electron chi connectivity index (χ1n) is 8.79. The van der Waals surface area contributed by atoms with Gasteiger partial charge < -0.3 is 10.0 Å². The summed E-state index contributed by atoms with van der Waals surface area (Å²) < 4.78 is 14.9. The van der Waals surface area contributed by atoms with Crippen LogP contribution in [-0.4, -0.2) is 44.8 Å². The number of aliphatic carboxylic acids is 1. The van der Waals surface area contributed by atoms with Crippen LogP contribution in [-0.2, 0) is 4.79 Å². The fraction of sp³-hybridized carbons (Fsp3) is 0.368. The predicted octanol–water partition coefficient (Wildman–Crippen LogP) is 1.70. The average Bonchev–Trinajstić information content (AvgIpc) is 3.37. The Morgan fingerprint density at radius 1 is 1.15 bits per heavy atom. The van der Waals surface area contributed by atoms with E-state index in [1.54, 1.807) is 11.0 Å². The summed E-state index contributed by atoms with van der Waals surface area (Å²) in [7, 11) is 0. The molecule has 1 unspecified atom stereocenters. The number of benzene rings is 1. The van der Waals surface area contributed by atoms with E-state index in [0.29, 0.717) is 32.4 Å². The van der Waals surface area contributed by atoms with Gasteiger partial charge in [-0.2, -0.15) is 9.78 Å². The Kier molecular flexibility index (Phi) is 4.05. The number of carbonyl (C=O) groups excluding carboxylic acids is 1. The van der Waals surface area contributed by atoms with Gasteiger partial charge in [0.05, 0.1) is 5.92 Å². The molecule has 0 bridgehead atoms. The van der Waals surface area contributed by atoms with Gasteiger partial charge >= 0.3 is 5.97 Å². The highest BCUT2D eigenvalue weighted by atomic mass is 19.1. The van der Waals surface area contributed by atoms with Crippen LogP contribution in [0.3, 0.4) is 0 Å². The number of piperidine rings is 1. The number of amides is 1. The number of halogens is 1. The maximum atomic E-state index is 14.0. The summed E-state index contributed by atoms with van der Waals surface area (Å²) in [5.41, 5.74) is -0.671. The van der Waals surface area contributed by atoms with Crippen LogP contribution in [0.15, 0.2) is 41.2 Å². The molecule has 8 heteroatoms. The molecule has 2 aliphatic rings. The van der Waals surface area contributed by atoms with E-state index in [1.807, 2.05) is 0 Å². The summed E-state index contributed by atoms with van der Waals surface area (Å²) in [6.45, 7) is 0.895. The lowest BCUT2D eigenvalue weighted by Gasteiger charge is -2.32. The predicted molar refractivity (Wildman–Crippen MR) is 93.1 cm³/mol. The number of aromatic nitrogens is 2. The maximum absolute atomic E-state index is 14.0. The lowest BCUT2D eigenvalue weighted by Crippen LogP contribution is -2.41. The Balaban J connectivity index is 1.54. The number of carbonyl (C=O) groups is 2. The Morgan fingerprint density at radius 3 is 2.48 bits per heavy atom. The zero-order valence-corrected chi connectivity index (χ0v) is 14.5. The van der Waals surface area contributed by atoms with Crippen LogP contribution in [0.25, 0.3) is 5.69 Å². The van der Waals surface area contributed by atoms with E-state index in [9.17, 15) is 18.8 Å². The number of para-hydroxylation sites is 1. The fourth-order valence-corrected chi connectivity index (χ4v) is 3.89. The standard InChI is InChI=1S/C19H18FN3O4/c20-13-3-1-2-4-15(13)23-16(24)6-5-14(21-23)17(25)22-9-7-19(8-10-22)11-12(19)18(26)27/h1-6,12H,7-11H2,(H,26,27). The van der Waals surface area contributed by atoms with E-state index in [-0.39, 0.29) is 28.6 Å². The molecule has 1 N–H and O–H groups in total. The van der Waals surface area contributed by atoms with Gasteiger partial charge in [-0.05, 0) is 42.9 Å². The minimum absolute atomic E-state index is 0.0166.